The largest absolute Gasteiger partial charge is 0.458 e. The van der Waals surface area contributed by atoms with Crippen LogP contribution in [0.1, 0.15) is 22.8 Å². The lowest BCUT2D eigenvalue weighted by atomic mass is 10.2. The predicted octanol–water partition coefficient (Wildman–Crippen LogP) is 3.50. The molecule has 2 rings (SSSR count). The summed E-state index contributed by atoms with van der Waals surface area (Å²) in [5, 5.41) is 0. The summed E-state index contributed by atoms with van der Waals surface area (Å²) in [6.45, 7) is 3.22. The van der Waals surface area contributed by atoms with Crippen LogP contribution >= 0.6 is 0 Å². The second-order valence-electron chi connectivity index (χ2n) is 5.41. The lowest BCUT2D eigenvalue weighted by Gasteiger charge is -2.21. The van der Waals surface area contributed by atoms with E-state index in [4.69, 9.17) is 4.74 Å². The van der Waals surface area contributed by atoms with Gasteiger partial charge in [-0.15, -0.1) is 0 Å². The van der Waals surface area contributed by atoms with Crippen molar-refractivity contribution < 1.29 is 13.9 Å². The highest BCUT2D eigenvalue weighted by atomic mass is 19.1. The number of rotatable bonds is 6. The summed E-state index contributed by atoms with van der Waals surface area (Å²) in [4.78, 5) is 14.0. The molecule has 0 amide bonds. The Morgan fingerprint density at radius 3 is 2.59 bits per heavy atom. The van der Waals surface area contributed by atoms with Crippen molar-refractivity contribution in [2.45, 2.75) is 19.6 Å². The second kappa shape index (κ2) is 7.71. The molecule has 2 aromatic rings. The fourth-order valence-corrected chi connectivity index (χ4v) is 2.30. The quantitative estimate of drug-likeness (QED) is 0.765. The van der Waals surface area contributed by atoms with E-state index in [0.717, 1.165) is 6.54 Å². The van der Waals surface area contributed by atoms with Gasteiger partial charge in [-0.1, -0.05) is 36.4 Å². The number of esters is 1. The Labute approximate surface area is 130 Å². The molecule has 0 spiro atoms. The van der Waals surface area contributed by atoms with Crippen molar-refractivity contribution in [1.82, 2.24) is 4.90 Å². The molecule has 0 bridgehead atoms. The highest BCUT2D eigenvalue weighted by Crippen LogP contribution is 2.09. The monoisotopic (exact) mass is 301 g/mol. The maximum atomic E-state index is 13.1. The number of likely N-dealkylation sites (N-methyl/N-ethyl adjacent to an activating group) is 1. The van der Waals surface area contributed by atoms with Crippen LogP contribution in [0.3, 0.4) is 0 Å². The summed E-state index contributed by atoms with van der Waals surface area (Å²) in [7, 11) is 1.97. The molecule has 0 saturated heterocycles. The zero-order valence-corrected chi connectivity index (χ0v) is 12.8. The van der Waals surface area contributed by atoms with Gasteiger partial charge in [-0.25, -0.2) is 9.18 Å². The topological polar surface area (TPSA) is 29.5 Å². The first-order chi connectivity index (χ1) is 10.5. The maximum absolute atomic E-state index is 13.1. The summed E-state index contributed by atoms with van der Waals surface area (Å²) < 4.78 is 18.5. The van der Waals surface area contributed by atoms with Gasteiger partial charge >= 0.3 is 5.97 Å². The van der Waals surface area contributed by atoms with Gasteiger partial charge in [-0.3, -0.25) is 4.90 Å². The molecule has 0 radical (unpaired) electrons. The highest BCUT2D eigenvalue weighted by Gasteiger charge is 2.14. The van der Waals surface area contributed by atoms with Crippen LogP contribution in [0.4, 0.5) is 4.39 Å². The first kappa shape index (κ1) is 16.2. The summed E-state index contributed by atoms with van der Waals surface area (Å²) in [6, 6.07) is 15.6. The first-order valence-corrected chi connectivity index (χ1v) is 7.23. The summed E-state index contributed by atoms with van der Waals surface area (Å²) >= 11 is 0. The molecule has 0 saturated carbocycles. The Morgan fingerprint density at radius 1 is 1.18 bits per heavy atom. The van der Waals surface area contributed by atoms with Gasteiger partial charge < -0.3 is 4.74 Å². The van der Waals surface area contributed by atoms with Crippen LogP contribution in [0.25, 0.3) is 0 Å². The number of ether oxygens (including phenoxy) is 1. The van der Waals surface area contributed by atoms with Gasteiger partial charge in [0.15, 0.2) is 0 Å². The van der Waals surface area contributed by atoms with Crippen LogP contribution < -0.4 is 0 Å². The fourth-order valence-electron chi connectivity index (χ4n) is 2.30. The van der Waals surface area contributed by atoms with Gasteiger partial charge in [-0.05, 0) is 37.7 Å². The van der Waals surface area contributed by atoms with Gasteiger partial charge in [-0.2, -0.15) is 0 Å². The van der Waals surface area contributed by atoms with Crippen molar-refractivity contribution in [3.63, 3.8) is 0 Å². The van der Waals surface area contributed by atoms with Crippen molar-refractivity contribution in [2.24, 2.45) is 0 Å². The lowest BCUT2D eigenvalue weighted by Crippen LogP contribution is -2.30. The molecule has 1 atom stereocenters. The van der Waals surface area contributed by atoms with Gasteiger partial charge in [0, 0.05) is 13.1 Å². The molecule has 3 nitrogen and oxygen atoms in total. The predicted molar refractivity (Wildman–Crippen MR) is 84.1 cm³/mol. The molecule has 0 fully saturated rings. The van der Waals surface area contributed by atoms with E-state index < -0.39 is 11.8 Å². The molecular formula is C18H20FNO2. The minimum Gasteiger partial charge on any atom is -0.458 e. The Kier molecular flexibility index (Phi) is 5.67. The first-order valence-electron chi connectivity index (χ1n) is 7.23. The third-order valence-corrected chi connectivity index (χ3v) is 3.23. The molecule has 0 aliphatic rings. The molecule has 0 unspecified atom stereocenters. The number of halogens is 1. The van der Waals surface area contributed by atoms with E-state index in [1.807, 2.05) is 32.2 Å². The zero-order valence-electron chi connectivity index (χ0n) is 12.8. The normalized spacial score (nSPS) is 12.2. The molecule has 0 aliphatic carbocycles. The zero-order chi connectivity index (χ0) is 15.9. The van der Waals surface area contributed by atoms with E-state index in [0.29, 0.717) is 6.54 Å². The van der Waals surface area contributed by atoms with E-state index in [1.54, 1.807) is 6.07 Å². The van der Waals surface area contributed by atoms with Crippen molar-refractivity contribution in [3.05, 3.63) is 71.5 Å². The molecule has 0 aliphatic heterocycles. The van der Waals surface area contributed by atoms with Gasteiger partial charge in [0.1, 0.15) is 11.9 Å². The summed E-state index contributed by atoms with van der Waals surface area (Å²) in [5.74, 6) is -0.941. The SMILES string of the molecule is C[C@@H](CN(C)Cc1ccccc1)OC(=O)c1cccc(F)c1. The number of carbonyl (C=O) groups is 1. The van der Waals surface area contributed by atoms with Crippen LogP contribution in [-0.2, 0) is 11.3 Å². The minimum atomic E-state index is -0.500. The Balaban J connectivity index is 1.84. The maximum Gasteiger partial charge on any atom is 0.338 e. The summed E-state index contributed by atoms with van der Waals surface area (Å²) in [6.07, 6.45) is -0.274. The number of hydrogen-bond acceptors (Lipinski definition) is 3. The van der Waals surface area contributed by atoms with Crippen molar-refractivity contribution in [3.8, 4) is 0 Å². The van der Waals surface area contributed by atoms with E-state index >= 15 is 0 Å². The number of benzene rings is 2. The molecule has 116 valence electrons. The van der Waals surface area contributed by atoms with Crippen molar-refractivity contribution in [2.75, 3.05) is 13.6 Å². The van der Waals surface area contributed by atoms with Gasteiger partial charge in [0.2, 0.25) is 0 Å². The molecule has 2 aromatic carbocycles. The van der Waals surface area contributed by atoms with Crippen molar-refractivity contribution >= 4 is 5.97 Å². The van der Waals surface area contributed by atoms with E-state index in [1.165, 1.54) is 23.8 Å². The van der Waals surface area contributed by atoms with Crippen LogP contribution in [0.15, 0.2) is 54.6 Å². The van der Waals surface area contributed by atoms with E-state index in [9.17, 15) is 9.18 Å². The summed E-state index contributed by atoms with van der Waals surface area (Å²) in [5.41, 5.74) is 1.44. The van der Waals surface area contributed by atoms with Crippen LogP contribution in [-0.4, -0.2) is 30.6 Å². The minimum absolute atomic E-state index is 0.234. The van der Waals surface area contributed by atoms with E-state index in [-0.39, 0.29) is 11.7 Å². The average molecular weight is 301 g/mol. The average Bonchev–Trinajstić information content (AvgIpc) is 2.47. The second-order valence-corrected chi connectivity index (χ2v) is 5.41. The fraction of sp³-hybridized carbons (Fsp3) is 0.278. The van der Waals surface area contributed by atoms with Crippen molar-refractivity contribution in [1.29, 1.82) is 0 Å². The molecule has 22 heavy (non-hydrogen) atoms. The van der Waals surface area contributed by atoms with Crippen LogP contribution in [0, 0.1) is 5.82 Å². The third-order valence-electron chi connectivity index (χ3n) is 3.23. The Hall–Kier alpha value is -2.20. The van der Waals surface area contributed by atoms with Gasteiger partial charge in [0.05, 0.1) is 5.56 Å². The van der Waals surface area contributed by atoms with Gasteiger partial charge in [0.25, 0.3) is 0 Å². The number of nitrogens with zero attached hydrogens (tertiary/aromatic N) is 1. The van der Waals surface area contributed by atoms with Crippen LogP contribution in [0.2, 0.25) is 0 Å². The smallest absolute Gasteiger partial charge is 0.338 e. The lowest BCUT2D eigenvalue weighted by molar-refractivity contribution is 0.0267. The number of carbonyl (C=O) groups excluding carboxylic acids is 1. The Bertz CT molecular complexity index is 615. The van der Waals surface area contributed by atoms with Crippen LogP contribution in [0.5, 0.6) is 0 Å². The Morgan fingerprint density at radius 2 is 1.91 bits per heavy atom. The molecule has 0 N–H and O–H groups in total. The molecule has 0 aromatic heterocycles. The number of hydrogen-bond donors (Lipinski definition) is 0. The van der Waals surface area contributed by atoms with E-state index in [2.05, 4.69) is 17.0 Å². The molecule has 4 heteroatoms. The highest BCUT2D eigenvalue weighted by molar-refractivity contribution is 5.89. The molecular weight excluding hydrogens is 281 g/mol. The molecule has 0 heterocycles. The third kappa shape index (κ3) is 4.97. The standard InChI is InChI=1S/C18H20FNO2/c1-14(12-20(2)13-15-7-4-3-5-8-15)22-18(21)16-9-6-10-17(19)11-16/h3-11,14H,12-13H2,1-2H3/t14-/m0/s1.